The Balaban J connectivity index is 0.00000529. The Morgan fingerprint density at radius 1 is 1.21 bits per heavy atom. The second-order valence-corrected chi connectivity index (χ2v) is 5.65. The maximum Gasteiger partial charge on any atom is 0.216 e. The quantitative estimate of drug-likeness (QED) is 0.199. The average molecular weight is 456 g/mol. The first-order valence-corrected chi connectivity index (χ1v) is 8.64. The molecule has 0 atom stereocenters. The molecule has 0 bridgehead atoms. The van der Waals surface area contributed by atoms with Gasteiger partial charge < -0.3 is 25.4 Å². The van der Waals surface area contributed by atoms with E-state index in [0.29, 0.717) is 19.0 Å². The Morgan fingerprint density at radius 2 is 1.92 bits per heavy atom. The monoisotopic (exact) mass is 456 g/mol. The van der Waals surface area contributed by atoms with Crippen molar-refractivity contribution in [2.75, 3.05) is 52.6 Å². The lowest BCUT2D eigenvalue weighted by molar-refractivity contribution is -0.118. The number of hydrogen-bond acceptors (Lipinski definition) is 4. The molecular weight excluding hydrogens is 423 g/mol. The minimum absolute atomic E-state index is 0. The number of halogens is 1. The summed E-state index contributed by atoms with van der Waals surface area (Å²) < 4.78 is 11.1. The third-order valence-corrected chi connectivity index (χ3v) is 3.55. The smallest absolute Gasteiger partial charge is 0.216 e. The van der Waals surface area contributed by atoms with Gasteiger partial charge in [-0.1, -0.05) is 0 Å². The van der Waals surface area contributed by atoms with Crippen LogP contribution in [0, 0.1) is 5.92 Å². The van der Waals surface area contributed by atoms with Crippen LogP contribution in [0.5, 0.6) is 0 Å². The molecule has 24 heavy (non-hydrogen) atoms. The molecule has 3 N–H and O–H groups in total. The van der Waals surface area contributed by atoms with E-state index in [2.05, 4.69) is 20.9 Å². The highest BCUT2D eigenvalue weighted by Gasteiger charge is 2.13. The van der Waals surface area contributed by atoms with E-state index in [9.17, 15) is 4.79 Å². The number of carbonyl (C=O) groups excluding carboxylic acids is 1. The van der Waals surface area contributed by atoms with Crippen molar-refractivity contribution in [3.05, 3.63) is 0 Å². The third-order valence-electron chi connectivity index (χ3n) is 3.55. The maximum absolute atomic E-state index is 10.8. The summed E-state index contributed by atoms with van der Waals surface area (Å²) >= 11 is 0. The number of amides is 1. The summed E-state index contributed by atoms with van der Waals surface area (Å²) in [5.74, 6) is 1.41. The molecule has 0 aromatic rings. The number of aliphatic imine (C=N–C) groups is 1. The first-order chi connectivity index (χ1) is 11.2. The van der Waals surface area contributed by atoms with Crippen LogP contribution in [0.25, 0.3) is 0 Å². The Kier molecular flexibility index (Phi) is 15.5. The molecule has 1 amide bonds. The number of nitrogens with zero attached hydrogens (tertiary/aromatic N) is 1. The zero-order chi connectivity index (χ0) is 16.8. The molecule has 1 aliphatic heterocycles. The fraction of sp³-hybridized carbons (Fsp3) is 0.875. The van der Waals surface area contributed by atoms with Crippen molar-refractivity contribution >= 4 is 35.8 Å². The van der Waals surface area contributed by atoms with Gasteiger partial charge in [-0.15, -0.1) is 24.0 Å². The first kappa shape index (κ1) is 23.4. The van der Waals surface area contributed by atoms with E-state index in [4.69, 9.17) is 9.47 Å². The SMILES string of the molecule is CCNC(=NCCCOCC1CCOCC1)NCCNC(C)=O.I. The number of nitrogens with one attached hydrogen (secondary N) is 3. The van der Waals surface area contributed by atoms with Crippen LogP contribution in [0.1, 0.15) is 33.1 Å². The van der Waals surface area contributed by atoms with Gasteiger partial charge in [0.25, 0.3) is 0 Å². The largest absolute Gasteiger partial charge is 0.381 e. The van der Waals surface area contributed by atoms with Gasteiger partial charge in [0, 0.05) is 59.5 Å². The summed E-state index contributed by atoms with van der Waals surface area (Å²) in [5.41, 5.74) is 0. The molecule has 1 saturated heterocycles. The standard InChI is InChI=1S/C16H32N4O3.HI/c1-3-17-16(20-9-8-18-14(2)21)19-7-4-10-23-13-15-5-11-22-12-6-15;/h15H,3-13H2,1-2H3,(H,18,21)(H2,17,19,20);1H. The minimum atomic E-state index is -0.0181. The van der Waals surface area contributed by atoms with E-state index in [1.54, 1.807) is 0 Å². The van der Waals surface area contributed by atoms with Crippen LogP contribution >= 0.6 is 24.0 Å². The van der Waals surface area contributed by atoms with E-state index in [1.165, 1.54) is 6.92 Å². The lowest BCUT2D eigenvalue weighted by atomic mass is 10.0. The molecule has 1 heterocycles. The molecule has 0 spiro atoms. The van der Waals surface area contributed by atoms with Crippen molar-refractivity contribution in [2.24, 2.45) is 10.9 Å². The van der Waals surface area contributed by atoms with E-state index >= 15 is 0 Å². The molecule has 0 saturated carbocycles. The summed E-state index contributed by atoms with van der Waals surface area (Å²) in [5, 5.41) is 9.12. The molecule has 1 aliphatic rings. The number of hydrogen-bond donors (Lipinski definition) is 3. The number of rotatable bonds is 10. The number of ether oxygens (including phenoxy) is 2. The summed E-state index contributed by atoms with van der Waals surface area (Å²) in [6.07, 6.45) is 3.13. The zero-order valence-corrected chi connectivity index (χ0v) is 17.3. The fourth-order valence-electron chi connectivity index (χ4n) is 2.28. The number of carbonyl (C=O) groups is 1. The van der Waals surface area contributed by atoms with Gasteiger partial charge in [0.05, 0.1) is 0 Å². The molecule has 1 fully saturated rings. The van der Waals surface area contributed by atoms with Crippen LogP contribution in [0.3, 0.4) is 0 Å². The summed E-state index contributed by atoms with van der Waals surface area (Å²) in [7, 11) is 0. The lowest BCUT2D eigenvalue weighted by Gasteiger charge is -2.21. The number of guanidine groups is 1. The van der Waals surface area contributed by atoms with Gasteiger partial charge >= 0.3 is 0 Å². The second kappa shape index (κ2) is 15.9. The zero-order valence-electron chi connectivity index (χ0n) is 14.9. The third kappa shape index (κ3) is 12.8. The van der Waals surface area contributed by atoms with E-state index in [1.807, 2.05) is 6.92 Å². The summed E-state index contributed by atoms with van der Waals surface area (Å²) in [4.78, 5) is 15.3. The molecule has 7 nitrogen and oxygen atoms in total. The van der Waals surface area contributed by atoms with Gasteiger partial charge in [0.2, 0.25) is 5.91 Å². The van der Waals surface area contributed by atoms with Crippen LogP contribution < -0.4 is 16.0 Å². The molecule has 142 valence electrons. The van der Waals surface area contributed by atoms with Crippen LogP contribution in [-0.4, -0.2) is 64.5 Å². The maximum atomic E-state index is 10.8. The Bertz CT molecular complexity index is 350. The molecule has 0 radical (unpaired) electrons. The van der Waals surface area contributed by atoms with Crippen LogP contribution in [0.2, 0.25) is 0 Å². The van der Waals surface area contributed by atoms with Crippen LogP contribution in [-0.2, 0) is 14.3 Å². The Labute approximate surface area is 162 Å². The van der Waals surface area contributed by atoms with Crippen LogP contribution in [0.15, 0.2) is 4.99 Å². The predicted octanol–water partition coefficient (Wildman–Crippen LogP) is 1.13. The van der Waals surface area contributed by atoms with Crippen LogP contribution in [0.4, 0.5) is 0 Å². The van der Waals surface area contributed by atoms with E-state index in [-0.39, 0.29) is 29.9 Å². The highest BCUT2D eigenvalue weighted by Crippen LogP contribution is 2.14. The second-order valence-electron chi connectivity index (χ2n) is 5.65. The van der Waals surface area contributed by atoms with Gasteiger partial charge in [-0.05, 0) is 32.1 Å². The van der Waals surface area contributed by atoms with Gasteiger partial charge in [0.15, 0.2) is 5.96 Å². The molecule has 0 unspecified atom stereocenters. The molecule has 0 aromatic carbocycles. The highest BCUT2D eigenvalue weighted by atomic mass is 127. The van der Waals surface area contributed by atoms with Crippen molar-refractivity contribution in [3.8, 4) is 0 Å². The van der Waals surface area contributed by atoms with Crippen molar-refractivity contribution in [3.63, 3.8) is 0 Å². The van der Waals surface area contributed by atoms with Crippen molar-refractivity contribution < 1.29 is 14.3 Å². The fourth-order valence-corrected chi connectivity index (χ4v) is 2.28. The Morgan fingerprint density at radius 3 is 2.58 bits per heavy atom. The van der Waals surface area contributed by atoms with E-state index < -0.39 is 0 Å². The first-order valence-electron chi connectivity index (χ1n) is 8.64. The van der Waals surface area contributed by atoms with Gasteiger partial charge in [-0.2, -0.15) is 0 Å². The van der Waals surface area contributed by atoms with Gasteiger partial charge in [0.1, 0.15) is 0 Å². The predicted molar refractivity (Wildman–Crippen MR) is 107 cm³/mol. The van der Waals surface area contributed by atoms with Gasteiger partial charge in [-0.3, -0.25) is 9.79 Å². The summed E-state index contributed by atoms with van der Waals surface area (Å²) in [6.45, 7) is 9.65. The normalized spacial score (nSPS) is 15.5. The molecule has 0 aliphatic carbocycles. The Hall–Kier alpha value is -0.610. The molecule has 1 rings (SSSR count). The van der Waals surface area contributed by atoms with E-state index in [0.717, 1.165) is 64.7 Å². The minimum Gasteiger partial charge on any atom is -0.381 e. The lowest BCUT2D eigenvalue weighted by Crippen LogP contribution is -2.41. The molecular formula is C16H33IN4O3. The summed E-state index contributed by atoms with van der Waals surface area (Å²) in [6, 6.07) is 0. The van der Waals surface area contributed by atoms with Gasteiger partial charge in [-0.25, -0.2) is 0 Å². The van der Waals surface area contributed by atoms with Crippen molar-refractivity contribution in [2.45, 2.75) is 33.1 Å². The molecule has 0 aromatic heterocycles. The van der Waals surface area contributed by atoms with Crippen molar-refractivity contribution in [1.82, 2.24) is 16.0 Å². The molecule has 8 heteroatoms. The highest BCUT2D eigenvalue weighted by molar-refractivity contribution is 14.0. The average Bonchev–Trinajstić information content (AvgIpc) is 2.55. The topological polar surface area (TPSA) is 84.0 Å². The van der Waals surface area contributed by atoms with Crippen molar-refractivity contribution in [1.29, 1.82) is 0 Å².